The fourth-order valence-corrected chi connectivity index (χ4v) is 5.15. The van der Waals surface area contributed by atoms with Gasteiger partial charge in [-0.05, 0) is 44.1 Å². The quantitative estimate of drug-likeness (QED) is 0.865. The zero-order valence-electron chi connectivity index (χ0n) is 12.6. The Morgan fingerprint density at radius 3 is 2.57 bits per heavy atom. The summed E-state index contributed by atoms with van der Waals surface area (Å²) in [7, 11) is -3.44. The first kappa shape index (κ1) is 16.9. The molecule has 0 unspecified atom stereocenters. The molecule has 1 aromatic heterocycles. The first-order chi connectivity index (χ1) is 9.95. The topological polar surface area (TPSA) is 60.9 Å². The van der Waals surface area contributed by atoms with Crippen molar-refractivity contribution in [3.8, 4) is 0 Å². The number of aliphatic hydroxyl groups is 1. The van der Waals surface area contributed by atoms with E-state index in [2.05, 4.69) is 0 Å². The molecule has 1 saturated heterocycles. The van der Waals surface area contributed by atoms with Crippen LogP contribution in [0.5, 0.6) is 0 Å². The molecule has 0 spiro atoms. The van der Waals surface area contributed by atoms with Crippen LogP contribution in [-0.2, 0) is 16.8 Å². The van der Waals surface area contributed by atoms with Crippen LogP contribution in [0.1, 0.15) is 31.6 Å². The first-order valence-electron chi connectivity index (χ1n) is 7.35. The van der Waals surface area contributed by atoms with E-state index in [1.54, 1.807) is 19.9 Å². The van der Waals surface area contributed by atoms with Gasteiger partial charge in [0.15, 0.2) is 0 Å². The van der Waals surface area contributed by atoms with Gasteiger partial charge >= 0.3 is 0 Å². The van der Waals surface area contributed by atoms with Crippen LogP contribution in [0.15, 0.2) is 17.5 Å². The number of nitrogens with zero attached hydrogens (tertiary/aromatic N) is 2. The SMILES string of the molecule is CC(C)N(Cc1cccs1)S(=O)(=O)N1CCC(CO)CC1. The molecule has 0 atom stereocenters. The predicted octanol–water partition coefficient (Wildman–Crippen LogP) is 1.91. The van der Waals surface area contributed by atoms with Crippen LogP contribution >= 0.6 is 11.3 Å². The molecule has 1 fully saturated rings. The Labute approximate surface area is 131 Å². The minimum absolute atomic E-state index is 0.0762. The number of piperidine rings is 1. The molecule has 5 nitrogen and oxygen atoms in total. The van der Waals surface area contributed by atoms with Gasteiger partial charge in [0, 0.05) is 37.2 Å². The van der Waals surface area contributed by atoms with Gasteiger partial charge in [0.05, 0.1) is 0 Å². The van der Waals surface area contributed by atoms with Crippen LogP contribution in [0.3, 0.4) is 0 Å². The van der Waals surface area contributed by atoms with Gasteiger partial charge in [0.1, 0.15) is 0 Å². The summed E-state index contributed by atoms with van der Waals surface area (Å²) in [5, 5.41) is 11.1. The summed E-state index contributed by atoms with van der Waals surface area (Å²) in [6.07, 6.45) is 1.47. The van der Waals surface area contributed by atoms with Gasteiger partial charge in [-0.3, -0.25) is 0 Å². The molecule has 1 aromatic rings. The van der Waals surface area contributed by atoms with E-state index >= 15 is 0 Å². The van der Waals surface area contributed by atoms with Crippen molar-refractivity contribution in [1.29, 1.82) is 0 Å². The van der Waals surface area contributed by atoms with Crippen LogP contribution in [-0.4, -0.2) is 47.9 Å². The van der Waals surface area contributed by atoms with E-state index < -0.39 is 10.2 Å². The highest BCUT2D eigenvalue weighted by Crippen LogP contribution is 2.24. The minimum Gasteiger partial charge on any atom is -0.396 e. The van der Waals surface area contributed by atoms with E-state index in [1.807, 2.05) is 31.4 Å². The number of thiophene rings is 1. The summed E-state index contributed by atoms with van der Waals surface area (Å²) >= 11 is 1.58. The maximum atomic E-state index is 12.8. The third-order valence-corrected chi connectivity index (χ3v) is 6.94. The Morgan fingerprint density at radius 1 is 1.43 bits per heavy atom. The van der Waals surface area contributed by atoms with Crippen molar-refractivity contribution in [2.75, 3.05) is 19.7 Å². The molecule has 2 rings (SSSR count). The average molecular weight is 332 g/mol. The third-order valence-electron chi connectivity index (χ3n) is 3.92. The minimum atomic E-state index is -3.44. The summed E-state index contributed by atoms with van der Waals surface area (Å²) in [6, 6.07) is 3.83. The maximum Gasteiger partial charge on any atom is 0.282 e. The van der Waals surface area contributed by atoms with Crippen LogP contribution in [0.25, 0.3) is 0 Å². The maximum absolute atomic E-state index is 12.8. The molecular weight excluding hydrogens is 308 g/mol. The van der Waals surface area contributed by atoms with E-state index in [9.17, 15) is 13.5 Å². The molecule has 1 aliphatic rings. The zero-order valence-corrected chi connectivity index (χ0v) is 14.2. The highest BCUT2D eigenvalue weighted by Gasteiger charge is 2.34. The second-order valence-electron chi connectivity index (χ2n) is 5.75. The Kier molecular flexibility index (Phi) is 5.79. The van der Waals surface area contributed by atoms with Crippen LogP contribution in [0, 0.1) is 5.92 Å². The van der Waals surface area contributed by atoms with Gasteiger partial charge in [-0.15, -0.1) is 11.3 Å². The largest absolute Gasteiger partial charge is 0.396 e. The van der Waals surface area contributed by atoms with Crippen molar-refractivity contribution in [1.82, 2.24) is 8.61 Å². The van der Waals surface area contributed by atoms with Crippen molar-refractivity contribution >= 4 is 21.5 Å². The van der Waals surface area contributed by atoms with Gasteiger partial charge in [0.25, 0.3) is 10.2 Å². The number of aliphatic hydroxyl groups excluding tert-OH is 1. The van der Waals surface area contributed by atoms with Gasteiger partial charge in [0.2, 0.25) is 0 Å². The summed E-state index contributed by atoms with van der Waals surface area (Å²) in [6.45, 7) is 5.40. The molecule has 1 aliphatic heterocycles. The van der Waals surface area contributed by atoms with Gasteiger partial charge in [-0.25, -0.2) is 0 Å². The van der Waals surface area contributed by atoms with E-state index in [-0.39, 0.29) is 18.6 Å². The molecular formula is C14H24N2O3S2. The second-order valence-corrected chi connectivity index (χ2v) is 8.66. The van der Waals surface area contributed by atoms with Crippen LogP contribution < -0.4 is 0 Å². The lowest BCUT2D eigenvalue weighted by Crippen LogP contribution is -2.49. The Bertz CT molecular complexity index is 520. The van der Waals surface area contributed by atoms with Crippen molar-refractivity contribution in [3.05, 3.63) is 22.4 Å². The molecule has 0 radical (unpaired) electrons. The standard InChI is InChI=1S/C14H24N2O3S2/c1-12(2)16(10-14-4-3-9-20-14)21(18,19)15-7-5-13(11-17)6-8-15/h3-4,9,12-13,17H,5-8,10-11H2,1-2H3. The molecule has 0 aliphatic carbocycles. The summed E-state index contributed by atoms with van der Waals surface area (Å²) in [5.41, 5.74) is 0. The molecule has 0 bridgehead atoms. The van der Waals surface area contributed by atoms with E-state index in [1.165, 1.54) is 0 Å². The van der Waals surface area contributed by atoms with E-state index in [4.69, 9.17) is 0 Å². The highest BCUT2D eigenvalue weighted by molar-refractivity contribution is 7.86. The molecule has 1 N–H and O–H groups in total. The third kappa shape index (κ3) is 4.04. The van der Waals surface area contributed by atoms with Crippen molar-refractivity contribution in [3.63, 3.8) is 0 Å². The van der Waals surface area contributed by atoms with Crippen LogP contribution in [0.2, 0.25) is 0 Å². The molecule has 7 heteroatoms. The second kappa shape index (κ2) is 7.19. The van der Waals surface area contributed by atoms with Gasteiger partial charge < -0.3 is 5.11 Å². The smallest absolute Gasteiger partial charge is 0.282 e. The molecule has 0 aromatic carbocycles. The zero-order chi connectivity index (χ0) is 15.5. The van der Waals surface area contributed by atoms with E-state index in [0.29, 0.717) is 19.6 Å². The lowest BCUT2D eigenvalue weighted by atomic mass is 10.00. The monoisotopic (exact) mass is 332 g/mol. The summed E-state index contributed by atoms with van der Waals surface area (Å²) < 4.78 is 28.8. The fourth-order valence-electron chi connectivity index (χ4n) is 2.56. The number of hydrogen-bond acceptors (Lipinski definition) is 4. The Balaban J connectivity index is 2.11. The van der Waals surface area contributed by atoms with Crippen LogP contribution in [0.4, 0.5) is 0 Å². The number of rotatable bonds is 6. The highest BCUT2D eigenvalue weighted by atomic mass is 32.2. The summed E-state index contributed by atoms with van der Waals surface area (Å²) in [5.74, 6) is 0.237. The van der Waals surface area contributed by atoms with E-state index in [0.717, 1.165) is 17.7 Å². The molecule has 2 heterocycles. The van der Waals surface area contributed by atoms with Crippen molar-refractivity contribution in [2.45, 2.75) is 39.3 Å². The predicted molar refractivity (Wildman–Crippen MR) is 85.3 cm³/mol. The Hall–Kier alpha value is -0.470. The first-order valence-corrected chi connectivity index (χ1v) is 9.63. The summed E-state index contributed by atoms with van der Waals surface area (Å²) in [4.78, 5) is 1.05. The molecule has 21 heavy (non-hydrogen) atoms. The van der Waals surface area contributed by atoms with Crippen molar-refractivity contribution < 1.29 is 13.5 Å². The molecule has 0 saturated carbocycles. The van der Waals surface area contributed by atoms with Gasteiger partial charge in [-0.2, -0.15) is 17.0 Å². The molecule has 0 amide bonds. The van der Waals surface area contributed by atoms with Gasteiger partial charge in [-0.1, -0.05) is 6.07 Å². The Morgan fingerprint density at radius 2 is 2.10 bits per heavy atom. The lowest BCUT2D eigenvalue weighted by Gasteiger charge is -2.35. The average Bonchev–Trinajstić information content (AvgIpc) is 2.97. The fraction of sp³-hybridized carbons (Fsp3) is 0.714. The van der Waals surface area contributed by atoms with Crippen molar-refractivity contribution in [2.24, 2.45) is 5.92 Å². The normalized spacial score (nSPS) is 18.7. The molecule has 120 valence electrons. The lowest BCUT2D eigenvalue weighted by molar-refractivity contribution is 0.164. The number of hydrogen-bond donors (Lipinski definition) is 1.